The van der Waals surface area contributed by atoms with Gasteiger partial charge in [0.1, 0.15) is 6.54 Å². The van der Waals surface area contributed by atoms with Crippen LogP contribution in [0.2, 0.25) is 0 Å². The van der Waals surface area contributed by atoms with E-state index in [4.69, 9.17) is 0 Å². The molecule has 0 atom stereocenters. The van der Waals surface area contributed by atoms with Crippen molar-refractivity contribution in [2.45, 2.75) is 40.2 Å². The van der Waals surface area contributed by atoms with E-state index in [1.165, 1.54) is 6.42 Å². The average Bonchev–Trinajstić information content (AvgIpc) is 2.66. The number of aryl methyl sites for hydroxylation is 1. The molecule has 1 aromatic rings. The van der Waals surface area contributed by atoms with Gasteiger partial charge < -0.3 is 4.90 Å². The van der Waals surface area contributed by atoms with Crippen LogP contribution in [0.3, 0.4) is 0 Å². The molecule has 0 N–H and O–H groups in total. The Morgan fingerprint density at radius 3 is 2.31 bits per heavy atom. The number of rotatable bonds is 3. The van der Waals surface area contributed by atoms with Gasteiger partial charge in [-0.15, -0.1) is 0 Å². The number of amides is 1. The second-order valence-electron chi connectivity index (χ2n) is 3.85. The number of nitrogens with zero attached hydrogens (tertiary/aromatic N) is 3. The highest BCUT2D eigenvalue weighted by Gasteiger charge is 2.05. The third-order valence-corrected chi connectivity index (χ3v) is 1.85. The minimum Gasteiger partial charge on any atom is -0.347 e. The predicted octanol–water partition coefficient (Wildman–Crippen LogP) is 1.95. The van der Waals surface area contributed by atoms with E-state index in [-0.39, 0.29) is 5.91 Å². The van der Waals surface area contributed by atoms with Crippen molar-refractivity contribution in [1.29, 1.82) is 0 Å². The fraction of sp³-hybridized carbons (Fsp3) is 0.667. The van der Waals surface area contributed by atoms with E-state index in [2.05, 4.69) is 18.9 Å². The van der Waals surface area contributed by atoms with Crippen molar-refractivity contribution < 1.29 is 4.79 Å². The van der Waals surface area contributed by atoms with Gasteiger partial charge in [-0.2, -0.15) is 5.10 Å². The van der Waals surface area contributed by atoms with E-state index in [0.29, 0.717) is 6.54 Å². The third-order valence-electron chi connectivity index (χ3n) is 1.85. The number of aromatic nitrogens is 2. The smallest absolute Gasteiger partial charge is 0.243 e. The van der Waals surface area contributed by atoms with Gasteiger partial charge in [0.25, 0.3) is 0 Å². The fourth-order valence-electron chi connectivity index (χ4n) is 0.960. The lowest BCUT2D eigenvalue weighted by Crippen LogP contribution is -2.26. The molecular formula is C12H23N3O. The minimum absolute atomic E-state index is 0.0609. The van der Waals surface area contributed by atoms with Gasteiger partial charge in [-0.25, -0.2) is 0 Å². The highest BCUT2D eigenvalue weighted by atomic mass is 16.2. The first-order valence-corrected chi connectivity index (χ1v) is 5.77. The normalized spacial score (nSPS) is 9.31. The monoisotopic (exact) mass is 225 g/mol. The van der Waals surface area contributed by atoms with E-state index in [1.54, 1.807) is 23.7 Å². The van der Waals surface area contributed by atoms with Gasteiger partial charge in [-0.05, 0) is 12.5 Å². The van der Waals surface area contributed by atoms with Crippen molar-refractivity contribution in [3.8, 4) is 0 Å². The quantitative estimate of drug-likeness (QED) is 0.788. The lowest BCUT2D eigenvalue weighted by molar-refractivity contribution is -0.129. The van der Waals surface area contributed by atoms with Gasteiger partial charge >= 0.3 is 0 Å². The molecule has 4 nitrogen and oxygen atoms in total. The van der Waals surface area contributed by atoms with E-state index >= 15 is 0 Å². The molecule has 1 rings (SSSR count). The van der Waals surface area contributed by atoms with E-state index in [1.807, 2.05) is 19.2 Å². The SMILES string of the molecule is CCC.CCc1ccn(CC(=O)N(C)C)n1. The van der Waals surface area contributed by atoms with Gasteiger partial charge in [0.2, 0.25) is 5.91 Å². The molecule has 1 aromatic heterocycles. The molecule has 0 saturated carbocycles. The highest BCUT2D eigenvalue weighted by molar-refractivity contribution is 5.75. The summed E-state index contributed by atoms with van der Waals surface area (Å²) in [6, 6.07) is 1.93. The van der Waals surface area contributed by atoms with Gasteiger partial charge in [-0.3, -0.25) is 9.48 Å². The summed E-state index contributed by atoms with van der Waals surface area (Å²) < 4.78 is 1.67. The van der Waals surface area contributed by atoms with Crippen LogP contribution in [0.25, 0.3) is 0 Å². The number of likely N-dealkylation sites (N-methyl/N-ethyl adjacent to an activating group) is 1. The summed E-state index contributed by atoms with van der Waals surface area (Å²) in [4.78, 5) is 12.8. The summed E-state index contributed by atoms with van der Waals surface area (Å²) >= 11 is 0. The number of hydrogen-bond donors (Lipinski definition) is 0. The van der Waals surface area contributed by atoms with Crippen molar-refractivity contribution in [3.05, 3.63) is 18.0 Å². The summed E-state index contributed by atoms with van der Waals surface area (Å²) in [5.41, 5.74) is 1.02. The number of hydrogen-bond acceptors (Lipinski definition) is 2. The molecule has 0 unspecified atom stereocenters. The summed E-state index contributed by atoms with van der Waals surface area (Å²) in [6.07, 6.45) is 3.99. The van der Waals surface area contributed by atoms with Crippen LogP contribution in [0.15, 0.2) is 12.3 Å². The predicted molar refractivity (Wildman–Crippen MR) is 66.3 cm³/mol. The molecule has 0 bridgehead atoms. The molecule has 0 aliphatic heterocycles. The van der Waals surface area contributed by atoms with Crippen LogP contribution >= 0.6 is 0 Å². The second-order valence-corrected chi connectivity index (χ2v) is 3.85. The molecule has 0 spiro atoms. The molecule has 0 saturated heterocycles. The zero-order valence-corrected chi connectivity index (χ0v) is 11.0. The maximum Gasteiger partial charge on any atom is 0.243 e. The fourth-order valence-corrected chi connectivity index (χ4v) is 0.960. The van der Waals surface area contributed by atoms with Crippen molar-refractivity contribution in [3.63, 3.8) is 0 Å². The lowest BCUT2D eigenvalue weighted by Gasteiger charge is -2.09. The Morgan fingerprint density at radius 1 is 1.38 bits per heavy atom. The molecule has 4 heteroatoms. The summed E-state index contributed by atoms with van der Waals surface area (Å²) in [5.74, 6) is 0.0609. The maximum absolute atomic E-state index is 11.3. The van der Waals surface area contributed by atoms with Crippen LogP contribution in [0, 0.1) is 0 Å². The van der Waals surface area contributed by atoms with Crippen molar-refractivity contribution in [2.75, 3.05) is 14.1 Å². The van der Waals surface area contributed by atoms with Crippen LogP contribution < -0.4 is 0 Å². The number of carbonyl (C=O) groups excluding carboxylic acids is 1. The Balaban J connectivity index is 0.000000673. The molecule has 1 heterocycles. The first-order chi connectivity index (χ1) is 7.54. The Bertz CT molecular complexity index is 305. The molecule has 0 aromatic carbocycles. The largest absolute Gasteiger partial charge is 0.347 e. The van der Waals surface area contributed by atoms with Crippen LogP contribution in [-0.2, 0) is 17.8 Å². The Hall–Kier alpha value is -1.32. The molecule has 0 aliphatic rings. The van der Waals surface area contributed by atoms with Crippen molar-refractivity contribution in [2.24, 2.45) is 0 Å². The Kier molecular flexibility index (Phi) is 7.25. The van der Waals surface area contributed by atoms with E-state index < -0.39 is 0 Å². The van der Waals surface area contributed by atoms with E-state index in [9.17, 15) is 4.79 Å². The first-order valence-electron chi connectivity index (χ1n) is 5.77. The van der Waals surface area contributed by atoms with Crippen LogP contribution in [0.1, 0.15) is 32.9 Å². The Morgan fingerprint density at radius 2 is 1.94 bits per heavy atom. The summed E-state index contributed by atoms with van der Waals surface area (Å²) in [6.45, 7) is 6.62. The maximum atomic E-state index is 11.3. The standard InChI is InChI=1S/C9H15N3O.C3H8/c1-4-8-5-6-12(10-8)7-9(13)11(2)3;1-3-2/h5-6H,4,7H2,1-3H3;3H2,1-2H3. The minimum atomic E-state index is 0.0609. The molecule has 0 fully saturated rings. The summed E-state index contributed by atoms with van der Waals surface area (Å²) in [7, 11) is 3.49. The highest BCUT2D eigenvalue weighted by Crippen LogP contribution is 1.96. The topological polar surface area (TPSA) is 38.1 Å². The van der Waals surface area contributed by atoms with Gasteiger partial charge in [0.05, 0.1) is 5.69 Å². The van der Waals surface area contributed by atoms with Crippen molar-refractivity contribution >= 4 is 5.91 Å². The first kappa shape index (κ1) is 14.7. The molecule has 0 aliphatic carbocycles. The van der Waals surface area contributed by atoms with Gasteiger partial charge in [-0.1, -0.05) is 27.2 Å². The zero-order chi connectivity index (χ0) is 12.6. The van der Waals surface area contributed by atoms with E-state index in [0.717, 1.165) is 12.1 Å². The molecule has 1 amide bonds. The third kappa shape index (κ3) is 5.53. The molecule has 92 valence electrons. The van der Waals surface area contributed by atoms with Crippen molar-refractivity contribution in [1.82, 2.24) is 14.7 Å². The summed E-state index contributed by atoms with van der Waals surface area (Å²) in [5, 5.41) is 4.22. The van der Waals surface area contributed by atoms with Crippen LogP contribution in [-0.4, -0.2) is 34.7 Å². The van der Waals surface area contributed by atoms with Gasteiger partial charge in [0, 0.05) is 20.3 Å². The molecular weight excluding hydrogens is 202 g/mol. The average molecular weight is 225 g/mol. The molecule has 16 heavy (non-hydrogen) atoms. The zero-order valence-electron chi connectivity index (χ0n) is 11.0. The lowest BCUT2D eigenvalue weighted by atomic mass is 10.4. The van der Waals surface area contributed by atoms with Crippen LogP contribution in [0.5, 0.6) is 0 Å². The van der Waals surface area contributed by atoms with Gasteiger partial charge in [0.15, 0.2) is 0 Å². The van der Waals surface area contributed by atoms with Crippen LogP contribution in [0.4, 0.5) is 0 Å². The number of carbonyl (C=O) groups is 1. The Labute approximate surface area is 98.3 Å². The molecule has 0 radical (unpaired) electrons. The second kappa shape index (κ2) is 7.91.